The number of hydrogen-bond donors (Lipinski definition) is 0. The van der Waals surface area contributed by atoms with Gasteiger partial charge in [0.05, 0.1) is 11.4 Å². The molecule has 0 amide bonds. The molecular formula is C18H12N2S. The maximum atomic E-state index is 4.83. The van der Waals surface area contributed by atoms with Gasteiger partial charge in [-0.1, -0.05) is 60.7 Å². The first kappa shape index (κ1) is 12.2. The van der Waals surface area contributed by atoms with Gasteiger partial charge in [-0.2, -0.15) is 0 Å². The van der Waals surface area contributed by atoms with E-state index < -0.39 is 0 Å². The van der Waals surface area contributed by atoms with Gasteiger partial charge in [0.2, 0.25) is 0 Å². The predicted molar refractivity (Wildman–Crippen MR) is 88.3 cm³/mol. The van der Waals surface area contributed by atoms with Crippen LogP contribution in [0.4, 0.5) is 0 Å². The van der Waals surface area contributed by atoms with Crippen molar-refractivity contribution in [2.24, 2.45) is 0 Å². The second-order valence-electron chi connectivity index (χ2n) is 4.80. The van der Waals surface area contributed by atoms with Crippen LogP contribution in [0.2, 0.25) is 0 Å². The Morgan fingerprint density at radius 2 is 1.00 bits per heavy atom. The molecule has 0 unspecified atom stereocenters. The Morgan fingerprint density at radius 3 is 1.43 bits per heavy atom. The van der Waals surface area contributed by atoms with Gasteiger partial charge in [0.15, 0.2) is 0 Å². The van der Waals surface area contributed by atoms with Crippen molar-refractivity contribution < 1.29 is 0 Å². The third-order valence-electron chi connectivity index (χ3n) is 3.41. The number of thiophene rings is 1. The third kappa shape index (κ3) is 2.22. The van der Waals surface area contributed by atoms with Gasteiger partial charge in [0, 0.05) is 21.9 Å². The van der Waals surface area contributed by atoms with Crippen LogP contribution >= 0.6 is 11.3 Å². The molecule has 0 spiro atoms. The van der Waals surface area contributed by atoms with Crippen LogP contribution in [0.5, 0.6) is 0 Å². The Hall–Kier alpha value is -2.52. The highest BCUT2D eigenvalue weighted by Gasteiger charge is 2.12. The minimum absolute atomic E-state index is 0.938. The van der Waals surface area contributed by atoms with E-state index in [9.17, 15) is 0 Å². The van der Waals surface area contributed by atoms with Crippen LogP contribution in [-0.2, 0) is 0 Å². The lowest BCUT2D eigenvalue weighted by Gasteiger charge is -2.08. The molecular weight excluding hydrogens is 276 g/mol. The molecule has 0 fully saturated rings. The SMILES string of the molecule is c1ccc(-c2nc3cscc3nc2-c2ccccc2)cc1. The van der Waals surface area contributed by atoms with E-state index in [1.807, 2.05) is 47.2 Å². The van der Waals surface area contributed by atoms with E-state index >= 15 is 0 Å². The fraction of sp³-hybridized carbons (Fsp3) is 0. The molecule has 0 bridgehead atoms. The van der Waals surface area contributed by atoms with Gasteiger partial charge in [-0.05, 0) is 0 Å². The molecule has 0 atom stereocenters. The van der Waals surface area contributed by atoms with Gasteiger partial charge >= 0.3 is 0 Å². The lowest BCUT2D eigenvalue weighted by Crippen LogP contribution is -1.93. The van der Waals surface area contributed by atoms with E-state index in [0.717, 1.165) is 33.5 Å². The van der Waals surface area contributed by atoms with E-state index in [2.05, 4.69) is 24.3 Å². The Kier molecular flexibility index (Phi) is 2.98. The quantitative estimate of drug-likeness (QED) is 0.517. The van der Waals surface area contributed by atoms with Crippen molar-refractivity contribution in [1.29, 1.82) is 0 Å². The summed E-state index contributed by atoms with van der Waals surface area (Å²) in [5, 5.41) is 4.09. The smallest absolute Gasteiger partial charge is 0.100 e. The van der Waals surface area contributed by atoms with Crippen molar-refractivity contribution in [2.75, 3.05) is 0 Å². The molecule has 3 heteroatoms. The highest BCUT2D eigenvalue weighted by Crippen LogP contribution is 2.31. The topological polar surface area (TPSA) is 25.8 Å². The number of hydrogen-bond acceptors (Lipinski definition) is 3. The van der Waals surface area contributed by atoms with Crippen molar-refractivity contribution in [3.63, 3.8) is 0 Å². The maximum Gasteiger partial charge on any atom is 0.100 e. The van der Waals surface area contributed by atoms with Crippen molar-refractivity contribution in [2.45, 2.75) is 0 Å². The monoisotopic (exact) mass is 288 g/mol. The maximum absolute atomic E-state index is 4.83. The van der Waals surface area contributed by atoms with Crippen LogP contribution < -0.4 is 0 Å². The second kappa shape index (κ2) is 5.11. The molecule has 0 aliphatic heterocycles. The summed E-state index contributed by atoms with van der Waals surface area (Å²) >= 11 is 1.64. The molecule has 4 aromatic rings. The van der Waals surface area contributed by atoms with Gasteiger partial charge in [-0.15, -0.1) is 11.3 Å². The predicted octanol–water partition coefficient (Wildman–Crippen LogP) is 5.03. The summed E-state index contributed by atoms with van der Waals surface area (Å²) < 4.78 is 0. The van der Waals surface area contributed by atoms with Crippen LogP contribution in [-0.4, -0.2) is 9.97 Å². The van der Waals surface area contributed by atoms with Crippen LogP contribution in [0.25, 0.3) is 33.5 Å². The molecule has 0 N–H and O–H groups in total. The Bertz CT molecular complexity index is 809. The van der Waals surface area contributed by atoms with E-state index in [4.69, 9.17) is 9.97 Å². The molecule has 2 aromatic carbocycles. The van der Waals surface area contributed by atoms with Crippen LogP contribution in [0, 0.1) is 0 Å². The highest BCUT2D eigenvalue weighted by atomic mass is 32.1. The summed E-state index contributed by atoms with van der Waals surface area (Å²) in [6.45, 7) is 0. The van der Waals surface area contributed by atoms with Gasteiger partial charge in [-0.25, -0.2) is 9.97 Å². The fourth-order valence-electron chi connectivity index (χ4n) is 2.39. The van der Waals surface area contributed by atoms with Gasteiger partial charge in [0.25, 0.3) is 0 Å². The zero-order valence-electron chi connectivity index (χ0n) is 11.2. The molecule has 0 saturated heterocycles. The number of nitrogens with zero attached hydrogens (tertiary/aromatic N) is 2. The first-order valence-electron chi connectivity index (χ1n) is 6.76. The highest BCUT2D eigenvalue weighted by molar-refractivity contribution is 7.09. The summed E-state index contributed by atoms with van der Waals surface area (Å²) in [5.41, 5.74) is 5.98. The molecule has 2 aromatic heterocycles. The first-order valence-corrected chi connectivity index (χ1v) is 7.71. The van der Waals surface area contributed by atoms with E-state index in [0.29, 0.717) is 0 Å². The summed E-state index contributed by atoms with van der Waals surface area (Å²) in [4.78, 5) is 9.66. The number of fused-ring (bicyclic) bond motifs is 1. The van der Waals surface area contributed by atoms with Crippen molar-refractivity contribution >= 4 is 22.4 Å². The van der Waals surface area contributed by atoms with Crippen molar-refractivity contribution in [1.82, 2.24) is 9.97 Å². The summed E-state index contributed by atoms with van der Waals surface area (Å²) in [6, 6.07) is 20.5. The summed E-state index contributed by atoms with van der Waals surface area (Å²) in [7, 11) is 0. The Morgan fingerprint density at radius 1 is 0.571 bits per heavy atom. The van der Waals surface area contributed by atoms with Gasteiger partial charge in [0.1, 0.15) is 11.0 Å². The fourth-order valence-corrected chi connectivity index (χ4v) is 3.07. The largest absolute Gasteiger partial charge is 0.243 e. The normalized spacial score (nSPS) is 10.9. The average Bonchev–Trinajstić information content (AvgIpc) is 3.03. The van der Waals surface area contributed by atoms with Crippen molar-refractivity contribution in [3.8, 4) is 22.5 Å². The lowest BCUT2D eigenvalue weighted by molar-refractivity contribution is 1.30. The Balaban J connectivity index is 2.03. The van der Waals surface area contributed by atoms with Gasteiger partial charge in [-0.3, -0.25) is 0 Å². The number of rotatable bonds is 2. The lowest BCUT2D eigenvalue weighted by atomic mass is 10.0. The zero-order valence-corrected chi connectivity index (χ0v) is 12.0. The van der Waals surface area contributed by atoms with Gasteiger partial charge < -0.3 is 0 Å². The molecule has 4 rings (SSSR count). The first-order chi connectivity index (χ1) is 10.4. The summed E-state index contributed by atoms with van der Waals surface area (Å²) in [5.74, 6) is 0. The molecule has 0 aliphatic carbocycles. The Labute approximate surface area is 126 Å². The third-order valence-corrected chi connectivity index (χ3v) is 4.12. The second-order valence-corrected chi connectivity index (χ2v) is 5.54. The molecule has 0 aliphatic rings. The molecule has 0 saturated carbocycles. The van der Waals surface area contributed by atoms with Crippen LogP contribution in [0.3, 0.4) is 0 Å². The number of aromatic nitrogens is 2. The van der Waals surface area contributed by atoms with E-state index in [-0.39, 0.29) is 0 Å². The zero-order chi connectivity index (χ0) is 14.1. The minimum atomic E-state index is 0.938. The van der Waals surface area contributed by atoms with Crippen LogP contribution in [0.1, 0.15) is 0 Å². The molecule has 0 radical (unpaired) electrons. The molecule has 2 heterocycles. The molecule has 100 valence electrons. The molecule has 2 nitrogen and oxygen atoms in total. The number of benzene rings is 2. The minimum Gasteiger partial charge on any atom is -0.243 e. The average molecular weight is 288 g/mol. The summed E-state index contributed by atoms with van der Waals surface area (Å²) in [6.07, 6.45) is 0. The standard InChI is InChI=1S/C18H12N2S/c1-3-7-13(8-4-1)17-18(14-9-5-2-6-10-14)20-16-12-21-11-15(16)19-17/h1-12H. The van der Waals surface area contributed by atoms with Crippen molar-refractivity contribution in [3.05, 3.63) is 71.4 Å². The van der Waals surface area contributed by atoms with Crippen LogP contribution in [0.15, 0.2) is 71.4 Å². The van der Waals surface area contributed by atoms with E-state index in [1.54, 1.807) is 11.3 Å². The molecule has 21 heavy (non-hydrogen) atoms. The van der Waals surface area contributed by atoms with E-state index in [1.165, 1.54) is 0 Å².